The van der Waals surface area contributed by atoms with Crippen molar-refractivity contribution in [3.63, 3.8) is 0 Å². The summed E-state index contributed by atoms with van der Waals surface area (Å²) in [5.41, 5.74) is 2.18. The Morgan fingerprint density at radius 3 is 2.41 bits per heavy atom. The molecule has 1 aromatic heterocycles. The van der Waals surface area contributed by atoms with Gasteiger partial charge in [0.1, 0.15) is 0 Å². The fourth-order valence-corrected chi connectivity index (χ4v) is 1.83. The van der Waals surface area contributed by atoms with E-state index in [4.69, 9.17) is 0 Å². The van der Waals surface area contributed by atoms with Gasteiger partial charge in [-0.3, -0.25) is 4.57 Å². The van der Waals surface area contributed by atoms with Crippen molar-refractivity contribution in [1.29, 1.82) is 0 Å². The maximum absolute atomic E-state index is 3.15. The summed E-state index contributed by atoms with van der Waals surface area (Å²) in [5.74, 6) is 3.15. The highest BCUT2D eigenvalue weighted by Gasteiger charge is 1.95. The zero-order valence-electron chi connectivity index (χ0n) is 9.30. The van der Waals surface area contributed by atoms with Gasteiger partial charge in [0.15, 0.2) is 0 Å². The molecule has 0 saturated heterocycles. The Hall–Kier alpha value is -2.46. The summed E-state index contributed by atoms with van der Waals surface area (Å²) in [7, 11) is 0. The van der Waals surface area contributed by atoms with Crippen LogP contribution in [0.5, 0.6) is 0 Å². The lowest BCUT2D eigenvalue weighted by atomic mass is 10.2. The molecule has 1 heteroatoms. The number of hydrogen-bond acceptors (Lipinski definition) is 0. The fourth-order valence-electron chi connectivity index (χ4n) is 1.83. The van der Waals surface area contributed by atoms with Gasteiger partial charge in [-0.05, 0) is 30.2 Å². The highest BCUT2D eigenvalue weighted by Crippen LogP contribution is 2.13. The fraction of sp³-hybridized carbons (Fsp3) is 0. The standard InChI is InChI=1S/C16H11N/c1-2-6-14(7-3-1)10-12-17-13-11-15-8-4-5-9-16(15)17/h1-9,11,13H. The third kappa shape index (κ3) is 1.93. The first-order valence-corrected chi connectivity index (χ1v) is 5.57. The summed E-state index contributed by atoms with van der Waals surface area (Å²) in [5, 5.41) is 1.22. The van der Waals surface area contributed by atoms with Gasteiger partial charge in [0.2, 0.25) is 0 Å². The predicted molar refractivity (Wildman–Crippen MR) is 70.7 cm³/mol. The van der Waals surface area contributed by atoms with Gasteiger partial charge >= 0.3 is 0 Å². The molecule has 0 atom stereocenters. The quantitative estimate of drug-likeness (QED) is 0.508. The second kappa shape index (κ2) is 4.19. The van der Waals surface area contributed by atoms with E-state index >= 15 is 0 Å². The Balaban J connectivity index is 2.04. The lowest BCUT2D eigenvalue weighted by Crippen LogP contribution is -1.85. The van der Waals surface area contributed by atoms with Gasteiger partial charge in [-0.25, -0.2) is 0 Å². The van der Waals surface area contributed by atoms with Crippen LogP contribution in [0.15, 0.2) is 66.9 Å². The van der Waals surface area contributed by atoms with E-state index in [-0.39, 0.29) is 0 Å². The number of nitrogens with zero attached hydrogens (tertiary/aromatic N) is 1. The van der Waals surface area contributed by atoms with Crippen molar-refractivity contribution in [3.05, 3.63) is 72.4 Å². The average molecular weight is 217 g/mol. The van der Waals surface area contributed by atoms with Crippen LogP contribution in [0, 0.1) is 12.0 Å². The lowest BCUT2D eigenvalue weighted by molar-refractivity contribution is 1.20. The molecule has 0 radical (unpaired) electrons. The Morgan fingerprint density at radius 2 is 1.53 bits per heavy atom. The van der Waals surface area contributed by atoms with E-state index in [9.17, 15) is 0 Å². The Morgan fingerprint density at radius 1 is 0.765 bits per heavy atom. The average Bonchev–Trinajstić information content (AvgIpc) is 2.81. The van der Waals surface area contributed by atoms with E-state index in [1.165, 1.54) is 5.39 Å². The Kier molecular flexibility index (Phi) is 2.40. The third-order valence-corrected chi connectivity index (χ3v) is 2.69. The summed E-state index contributed by atoms with van der Waals surface area (Å²) in [6, 6.07) is 23.5. The van der Waals surface area contributed by atoms with Crippen molar-refractivity contribution in [2.45, 2.75) is 0 Å². The molecular weight excluding hydrogens is 206 g/mol. The van der Waals surface area contributed by atoms with Gasteiger partial charge in [0.05, 0.1) is 5.52 Å². The van der Waals surface area contributed by atoms with E-state index in [2.05, 4.69) is 30.2 Å². The molecule has 1 heterocycles. The number of fused-ring (bicyclic) bond motifs is 1. The molecule has 0 aliphatic heterocycles. The van der Waals surface area contributed by atoms with E-state index in [0.717, 1.165) is 11.1 Å². The second-order valence-electron chi connectivity index (χ2n) is 3.85. The molecule has 0 bridgehead atoms. The Bertz CT molecular complexity index is 696. The van der Waals surface area contributed by atoms with Crippen LogP contribution in [0.25, 0.3) is 10.9 Å². The molecule has 3 rings (SSSR count). The minimum absolute atomic E-state index is 1.03. The Labute approximate surface area is 100 Å². The van der Waals surface area contributed by atoms with Crippen molar-refractivity contribution >= 4 is 10.9 Å². The molecule has 0 amide bonds. The molecule has 80 valence electrons. The molecule has 0 unspecified atom stereocenters. The number of rotatable bonds is 0. The maximum atomic E-state index is 3.15. The summed E-state index contributed by atoms with van der Waals surface area (Å²) >= 11 is 0. The van der Waals surface area contributed by atoms with Crippen LogP contribution in [0.2, 0.25) is 0 Å². The third-order valence-electron chi connectivity index (χ3n) is 2.69. The first kappa shape index (κ1) is 9.74. The molecule has 0 spiro atoms. The second-order valence-corrected chi connectivity index (χ2v) is 3.85. The van der Waals surface area contributed by atoms with E-state index in [1.54, 1.807) is 0 Å². The molecule has 0 N–H and O–H groups in total. The molecule has 0 saturated carbocycles. The monoisotopic (exact) mass is 217 g/mol. The zero-order valence-corrected chi connectivity index (χ0v) is 9.30. The van der Waals surface area contributed by atoms with Gasteiger partial charge < -0.3 is 0 Å². The molecule has 0 aliphatic carbocycles. The van der Waals surface area contributed by atoms with Crippen molar-refractivity contribution < 1.29 is 0 Å². The van der Waals surface area contributed by atoms with Gasteiger partial charge in [0, 0.05) is 23.2 Å². The first-order valence-electron chi connectivity index (χ1n) is 5.57. The number of hydrogen-bond donors (Lipinski definition) is 0. The molecule has 17 heavy (non-hydrogen) atoms. The van der Waals surface area contributed by atoms with E-state index in [1.807, 2.05) is 53.2 Å². The number of para-hydroxylation sites is 1. The van der Waals surface area contributed by atoms with Crippen molar-refractivity contribution in [2.75, 3.05) is 0 Å². The minimum atomic E-state index is 1.03. The van der Waals surface area contributed by atoms with Crippen molar-refractivity contribution in [3.8, 4) is 12.0 Å². The van der Waals surface area contributed by atoms with Crippen LogP contribution < -0.4 is 0 Å². The largest absolute Gasteiger partial charge is 0.276 e. The van der Waals surface area contributed by atoms with E-state index in [0.29, 0.717) is 0 Å². The van der Waals surface area contributed by atoms with Crippen LogP contribution in [0.4, 0.5) is 0 Å². The molecule has 2 aromatic carbocycles. The van der Waals surface area contributed by atoms with Crippen LogP contribution in [-0.4, -0.2) is 4.57 Å². The van der Waals surface area contributed by atoms with E-state index < -0.39 is 0 Å². The SMILES string of the molecule is C(#Cn1ccc2ccccc21)c1ccccc1. The van der Waals surface area contributed by atoms with Gasteiger partial charge in [0.25, 0.3) is 0 Å². The summed E-state index contributed by atoms with van der Waals surface area (Å²) < 4.78 is 1.96. The zero-order chi connectivity index (χ0) is 11.5. The molecule has 0 fully saturated rings. The molecular formula is C16H11N. The van der Waals surface area contributed by atoms with Gasteiger partial charge in [-0.2, -0.15) is 0 Å². The molecule has 0 aliphatic rings. The summed E-state index contributed by atoms with van der Waals surface area (Å²) in [6.07, 6.45) is 2.00. The maximum Gasteiger partial charge on any atom is 0.0611 e. The van der Waals surface area contributed by atoms with Gasteiger partial charge in [-0.15, -0.1) is 0 Å². The van der Waals surface area contributed by atoms with Crippen LogP contribution in [0.3, 0.4) is 0 Å². The smallest absolute Gasteiger partial charge is 0.0611 e. The van der Waals surface area contributed by atoms with Crippen LogP contribution in [-0.2, 0) is 0 Å². The molecule has 3 aromatic rings. The van der Waals surface area contributed by atoms with Gasteiger partial charge in [-0.1, -0.05) is 36.4 Å². The number of aromatic nitrogens is 1. The predicted octanol–water partition coefficient (Wildman–Crippen LogP) is 3.50. The number of benzene rings is 2. The van der Waals surface area contributed by atoms with Crippen molar-refractivity contribution in [2.24, 2.45) is 0 Å². The van der Waals surface area contributed by atoms with Crippen LogP contribution >= 0.6 is 0 Å². The minimum Gasteiger partial charge on any atom is -0.276 e. The topological polar surface area (TPSA) is 4.93 Å². The first-order chi connectivity index (χ1) is 8.43. The summed E-state index contributed by atoms with van der Waals surface area (Å²) in [4.78, 5) is 0. The summed E-state index contributed by atoms with van der Waals surface area (Å²) in [6.45, 7) is 0. The normalized spacial score (nSPS) is 9.88. The van der Waals surface area contributed by atoms with Crippen molar-refractivity contribution in [1.82, 2.24) is 4.57 Å². The molecule has 1 nitrogen and oxygen atoms in total. The lowest BCUT2D eigenvalue weighted by Gasteiger charge is -1.93. The highest BCUT2D eigenvalue weighted by molar-refractivity contribution is 5.80. The van der Waals surface area contributed by atoms with Crippen LogP contribution in [0.1, 0.15) is 5.56 Å². The highest BCUT2D eigenvalue weighted by atomic mass is 14.9.